The maximum atomic E-state index is 12.4. The number of nitrogens with one attached hydrogen (secondary N) is 1. The Kier molecular flexibility index (Phi) is 4.41. The molecule has 1 aliphatic carbocycles. The summed E-state index contributed by atoms with van der Waals surface area (Å²) in [6, 6.07) is 10.3. The fraction of sp³-hybridized carbons (Fsp3) is 0.474. The maximum absolute atomic E-state index is 12.4. The fourth-order valence-corrected chi connectivity index (χ4v) is 3.53. The maximum Gasteiger partial charge on any atom is 0.224 e. The molecular formula is C19H24N2O. The van der Waals surface area contributed by atoms with Gasteiger partial charge in [-0.2, -0.15) is 0 Å². The van der Waals surface area contributed by atoms with E-state index < -0.39 is 0 Å². The molecule has 1 heterocycles. The van der Waals surface area contributed by atoms with E-state index >= 15 is 0 Å². The van der Waals surface area contributed by atoms with Gasteiger partial charge in [-0.15, -0.1) is 0 Å². The van der Waals surface area contributed by atoms with Crippen molar-refractivity contribution in [2.24, 2.45) is 11.8 Å². The van der Waals surface area contributed by atoms with Crippen molar-refractivity contribution in [3.05, 3.63) is 42.1 Å². The van der Waals surface area contributed by atoms with Crippen molar-refractivity contribution in [1.82, 2.24) is 10.3 Å². The molecule has 2 aromatic rings. The zero-order valence-corrected chi connectivity index (χ0v) is 13.4. The van der Waals surface area contributed by atoms with Crippen LogP contribution in [0, 0.1) is 11.8 Å². The predicted octanol–water partition coefficient (Wildman–Crippen LogP) is 3.72. The minimum Gasteiger partial charge on any atom is -0.353 e. The summed E-state index contributed by atoms with van der Waals surface area (Å²) in [7, 11) is 0. The van der Waals surface area contributed by atoms with Crippen LogP contribution in [0.1, 0.15) is 38.7 Å². The van der Waals surface area contributed by atoms with Crippen molar-refractivity contribution in [2.75, 3.05) is 0 Å². The third-order valence-corrected chi connectivity index (χ3v) is 5.12. The minimum absolute atomic E-state index is 0.115. The first-order valence-electron chi connectivity index (χ1n) is 8.27. The van der Waals surface area contributed by atoms with Crippen LogP contribution in [0.25, 0.3) is 10.9 Å². The van der Waals surface area contributed by atoms with E-state index in [4.69, 9.17) is 0 Å². The molecule has 3 atom stereocenters. The quantitative estimate of drug-likeness (QED) is 0.938. The number of hydrogen-bond donors (Lipinski definition) is 1. The molecule has 1 saturated carbocycles. The van der Waals surface area contributed by atoms with Crippen LogP contribution in [0.5, 0.6) is 0 Å². The summed E-state index contributed by atoms with van der Waals surface area (Å²) in [5.74, 6) is 1.37. The molecule has 1 aliphatic rings. The van der Waals surface area contributed by atoms with Gasteiger partial charge in [0.05, 0.1) is 11.9 Å². The first-order chi connectivity index (χ1) is 10.6. The van der Waals surface area contributed by atoms with Crippen molar-refractivity contribution >= 4 is 16.8 Å². The van der Waals surface area contributed by atoms with Crippen LogP contribution in [-0.4, -0.2) is 16.9 Å². The largest absolute Gasteiger partial charge is 0.353 e. The van der Waals surface area contributed by atoms with Crippen LogP contribution in [0.2, 0.25) is 0 Å². The average molecular weight is 296 g/mol. The van der Waals surface area contributed by atoms with Gasteiger partial charge in [0.1, 0.15) is 0 Å². The van der Waals surface area contributed by atoms with Crippen molar-refractivity contribution in [1.29, 1.82) is 0 Å². The average Bonchev–Trinajstić information content (AvgIpc) is 2.52. The monoisotopic (exact) mass is 296 g/mol. The summed E-state index contributed by atoms with van der Waals surface area (Å²) in [6.45, 7) is 4.55. The lowest BCUT2D eigenvalue weighted by Gasteiger charge is -2.34. The molecule has 1 N–H and O–H groups in total. The molecule has 1 aromatic carbocycles. The van der Waals surface area contributed by atoms with Gasteiger partial charge in [-0.05, 0) is 29.9 Å². The van der Waals surface area contributed by atoms with E-state index in [9.17, 15) is 4.79 Å². The number of carbonyl (C=O) groups excluding carboxylic acids is 1. The molecular weight excluding hydrogens is 272 g/mol. The molecule has 3 heteroatoms. The number of fused-ring (bicyclic) bond motifs is 1. The van der Waals surface area contributed by atoms with Crippen LogP contribution < -0.4 is 5.32 Å². The van der Waals surface area contributed by atoms with Gasteiger partial charge in [-0.3, -0.25) is 9.78 Å². The molecule has 0 aliphatic heterocycles. The van der Waals surface area contributed by atoms with Gasteiger partial charge in [0.25, 0.3) is 0 Å². The Morgan fingerprint density at radius 3 is 2.91 bits per heavy atom. The third-order valence-electron chi connectivity index (χ3n) is 5.12. The van der Waals surface area contributed by atoms with Gasteiger partial charge < -0.3 is 5.32 Å². The molecule has 22 heavy (non-hydrogen) atoms. The SMILES string of the molecule is CC1CCCC(NC(=O)Cc2cccc3cccnc23)C1C. The van der Waals surface area contributed by atoms with Crippen LogP contribution in [0.15, 0.2) is 36.5 Å². The van der Waals surface area contributed by atoms with E-state index in [2.05, 4.69) is 24.1 Å². The highest BCUT2D eigenvalue weighted by atomic mass is 16.1. The molecule has 116 valence electrons. The molecule has 0 spiro atoms. The second-order valence-corrected chi connectivity index (χ2v) is 6.61. The Bertz CT molecular complexity index is 662. The lowest BCUT2D eigenvalue weighted by atomic mass is 9.78. The summed E-state index contributed by atoms with van der Waals surface area (Å²) >= 11 is 0. The van der Waals surface area contributed by atoms with Gasteiger partial charge in [-0.25, -0.2) is 0 Å². The smallest absolute Gasteiger partial charge is 0.224 e. The van der Waals surface area contributed by atoms with Crippen molar-refractivity contribution in [2.45, 2.75) is 45.6 Å². The van der Waals surface area contributed by atoms with Gasteiger partial charge in [0.2, 0.25) is 5.91 Å². The van der Waals surface area contributed by atoms with E-state index in [-0.39, 0.29) is 5.91 Å². The van der Waals surface area contributed by atoms with Gasteiger partial charge in [-0.1, -0.05) is 51.0 Å². The molecule has 1 fully saturated rings. The number of amides is 1. The lowest BCUT2D eigenvalue weighted by Crippen LogP contribution is -2.44. The molecule has 1 amide bonds. The highest BCUT2D eigenvalue weighted by Gasteiger charge is 2.28. The van der Waals surface area contributed by atoms with Crippen molar-refractivity contribution in [3.8, 4) is 0 Å². The van der Waals surface area contributed by atoms with Crippen molar-refractivity contribution < 1.29 is 4.79 Å². The topological polar surface area (TPSA) is 42.0 Å². The predicted molar refractivity (Wildman–Crippen MR) is 89.6 cm³/mol. The zero-order chi connectivity index (χ0) is 15.5. The van der Waals surface area contributed by atoms with Crippen LogP contribution in [0.4, 0.5) is 0 Å². The highest BCUT2D eigenvalue weighted by Crippen LogP contribution is 2.29. The zero-order valence-electron chi connectivity index (χ0n) is 13.4. The van der Waals surface area contributed by atoms with E-state index in [1.165, 1.54) is 12.8 Å². The molecule has 0 radical (unpaired) electrons. The number of benzene rings is 1. The van der Waals surface area contributed by atoms with Crippen LogP contribution in [0.3, 0.4) is 0 Å². The summed E-state index contributed by atoms with van der Waals surface area (Å²) in [4.78, 5) is 16.9. The molecule has 0 bridgehead atoms. The van der Waals surface area contributed by atoms with Gasteiger partial charge >= 0.3 is 0 Å². The standard InChI is InChI=1S/C19H24N2O/c1-13-6-3-10-17(14(13)2)21-18(22)12-16-8-4-7-15-9-5-11-20-19(15)16/h4-5,7-9,11,13-14,17H,3,6,10,12H2,1-2H3,(H,21,22). The number of rotatable bonds is 3. The van der Waals surface area contributed by atoms with Gasteiger partial charge in [0.15, 0.2) is 0 Å². The Morgan fingerprint density at radius 2 is 2.05 bits per heavy atom. The van der Waals surface area contributed by atoms with E-state index in [0.29, 0.717) is 24.3 Å². The number of para-hydroxylation sites is 1. The summed E-state index contributed by atoms with van der Waals surface area (Å²) < 4.78 is 0. The number of hydrogen-bond acceptors (Lipinski definition) is 2. The van der Waals surface area contributed by atoms with Crippen molar-refractivity contribution in [3.63, 3.8) is 0 Å². The fourth-order valence-electron chi connectivity index (χ4n) is 3.53. The molecule has 3 unspecified atom stereocenters. The Hall–Kier alpha value is -1.90. The van der Waals surface area contributed by atoms with E-state index in [1.54, 1.807) is 6.20 Å². The van der Waals surface area contributed by atoms with E-state index in [0.717, 1.165) is 22.9 Å². The molecule has 1 aromatic heterocycles. The number of carbonyl (C=O) groups is 1. The van der Waals surface area contributed by atoms with E-state index in [1.807, 2.05) is 30.3 Å². The molecule has 3 rings (SSSR count). The third kappa shape index (κ3) is 3.13. The lowest BCUT2D eigenvalue weighted by molar-refractivity contribution is -0.121. The summed E-state index contributed by atoms with van der Waals surface area (Å²) in [5, 5.41) is 4.34. The number of nitrogens with zero attached hydrogens (tertiary/aromatic N) is 1. The number of aromatic nitrogens is 1. The normalized spacial score (nSPS) is 25.1. The Morgan fingerprint density at radius 1 is 1.23 bits per heavy atom. The first-order valence-corrected chi connectivity index (χ1v) is 8.27. The second kappa shape index (κ2) is 6.47. The minimum atomic E-state index is 0.115. The van der Waals surface area contributed by atoms with Gasteiger partial charge in [0, 0.05) is 17.6 Å². The molecule has 3 nitrogen and oxygen atoms in total. The summed E-state index contributed by atoms with van der Waals surface area (Å²) in [6.07, 6.45) is 5.79. The Balaban J connectivity index is 1.71. The number of pyridine rings is 1. The first kappa shape index (κ1) is 15.0. The highest BCUT2D eigenvalue weighted by molar-refractivity contribution is 5.87. The summed E-state index contributed by atoms with van der Waals surface area (Å²) in [5.41, 5.74) is 1.94. The molecule has 0 saturated heterocycles. The van der Waals surface area contributed by atoms with Crippen LogP contribution in [-0.2, 0) is 11.2 Å². The second-order valence-electron chi connectivity index (χ2n) is 6.61. The van der Waals surface area contributed by atoms with Crippen LogP contribution >= 0.6 is 0 Å². The Labute approximate surface area is 132 Å².